The van der Waals surface area contributed by atoms with Crippen molar-refractivity contribution in [1.29, 1.82) is 0 Å². The van der Waals surface area contributed by atoms with Crippen LogP contribution in [-0.2, 0) is 24.9 Å². The van der Waals surface area contributed by atoms with Gasteiger partial charge < -0.3 is 5.11 Å². The van der Waals surface area contributed by atoms with Gasteiger partial charge in [-0.15, -0.1) is 0 Å². The van der Waals surface area contributed by atoms with Gasteiger partial charge in [-0.05, 0) is 39.5 Å². The quantitative estimate of drug-likeness (QED) is 0.414. The molecule has 1 radical (unpaired) electrons. The van der Waals surface area contributed by atoms with Crippen molar-refractivity contribution in [2.75, 3.05) is 0 Å². The van der Waals surface area contributed by atoms with Crippen molar-refractivity contribution in [3.8, 4) is 0 Å². The first-order chi connectivity index (χ1) is 7.13. The van der Waals surface area contributed by atoms with Crippen LogP contribution in [0.5, 0.6) is 0 Å². The minimum absolute atomic E-state index is 0. The maximum absolute atomic E-state index is 10.0. The Labute approximate surface area is 111 Å². The largest absolute Gasteiger partial charge is 0.512 e. The summed E-state index contributed by atoms with van der Waals surface area (Å²) < 4.78 is 0. The Morgan fingerprint density at radius 2 is 1.31 bits per heavy atom. The molecule has 0 atom stereocenters. The van der Waals surface area contributed by atoms with Gasteiger partial charge in [0, 0.05) is 26.2 Å². The molecule has 93 valence electrons. The van der Waals surface area contributed by atoms with Gasteiger partial charge in [0.15, 0.2) is 5.78 Å². The van der Waals surface area contributed by atoms with Crippen molar-refractivity contribution in [2.45, 2.75) is 39.5 Å². The smallest absolute Gasteiger partial charge is 0.155 e. The molecule has 1 rings (SSSR count). The summed E-state index contributed by atoms with van der Waals surface area (Å²) in [6.45, 7) is 2.85. The molecule has 0 aromatic carbocycles. The SMILES string of the molecule is C1=CCC/C=C\CC1.CC(=O)/C=C(/C)O.[Ir]. The fourth-order valence-corrected chi connectivity index (χ4v) is 1.15. The van der Waals surface area contributed by atoms with E-state index in [1.807, 2.05) is 0 Å². The van der Waals surface area contributed by atoms with Crippen LogP contribution in [0, 0.1) is 0 Å². The van der Waals surface area contributed by atoms with E-state index >= 15 is 0 Å². The maximum atomic E-state index is 10.0. The zero-order chi connectivity index (χ0) is 11.5. The third-order valence-corrected chi connectivity index (χ3v) is 1.75. The summed E-state index contributed by atoms with van der Waals surface area (Å²) >= 11 is 0. The third-order valence-electron chi connectivity index (χ3n) is 1.75. The van der Waals surface area contributed by atoms with E-state index in [1.54, 1.807) is 0 Å². The molecule has 3 heteroatoms. The van der Waals surface area contributed by atoms with Crippen LogP contribution in [0.1, 0.15) is 39.5 Å². The van der Waals surface area contributed by atoms with Gasteiger partial charge in [0.1, 0.15) is 0 Å². The average molecular weight is 401 g/mol. The number of carbonyl (C=O) groups is 1. The second kappa shape index (κ2) is 12.4. The minimum atomic E-state index is -0.125. The van der Waals surface area contributed by atoms with Crippen LogP contribution >= 0.6 is 0 Å². The Morgan fingerprint density at radius 3 is 1.44 bits per heavy atom. The van der Waals surface area contributed by atoms with Crippen molar-refractivity contribution in [2.24, 2.45) is 0 Å². The maximum Gasteiger partial charge on any atom is 0.155 e. The number of aliphatic hydroxyl groups excluding tert-OH is 1. The molecule has 0 spiro atoms. The van der Waals surface area contributed by atoms with E-state index in [0.29, 0.717) is 0 Å². The molecule has 0 saturated carbocycles. The van der Waals surface area contributed by atoms with Crippen molar-refractivity contribution in [3.63, 3.8) is 0 Å². The van der Waals surface area contributed by atoms with E-state index in [-0.39, 0.29) is 31.6 Å². The van der Waals surface area contributed by atoms with Crippen LogP contribution in [-0.4, -0.2) is 10.9 Å². The Bertz CT molecular complexity index is 235. The Hall–Kier alpha value is -0.661. The van der Waals surface area contributed by atoms with Gasteiger partial charge in [-0.2, -0.15) is 0 Å². The molecule has 1 aliphatic rings. The number of aliphatic hydroxyl groups is 1. The van der Waals surface area contributed by atoms with Crippen LogP contribution in [0.2, 0.25) is 0 Å². The molecule has 2 nitrogen and oxygen atoms in total. The zero-order valence-electron chi connectivity index (χ0n) is 9.90. The zero-order valence-corrected chi connectivity index (χ0v) is 12.3. The molecule has 16 heavy (non-hydrogen) atoms. The number of carbonyl (C=O) groups excluding carboxylic acids is 1. The van der Waals surface area contributed by atoms with E-state index in [9.17, 15) is 4.79 Å². The van der Waals surface area contributed by atoms with E-state index in [2.05, 4.69) is 24.3 Å². The molecule has 0 heterocycles. The number of rotatable bonds is 1. The van der Waals surface area contributed by atoms with Gasteiger partial charge in [0.2, 0.25) is 0 Å². The Morgan fingerprint density at radius 1 is 1.00 bits per heavy atom. The van der Waals surface area contributed by atoms with Crippen LogP contribution in [0.4, 0.5) is 0 Å². The summed E-state index contributed by atoms with van der Waals surface area (Å²) in [4.78, 5) is 10.0. The Balaban J connectivity index is 0. The molecule has 0 unspecified atom stereocenters. The molecule has 0 aliphatic heterocycles. The van der Waals surface area contributed by atoms with Gasteiger partial charge in [-0.3, -0.25) is 4.79 Å². The van der Waals surface area contributed by atoms with Crippen LogP contribution in [0.25, 0.3) is 0 Å². The van der Waals surface area contributed by atoms with Crippen molar-refractivity contribution in [3.05, 3.63) is 36.1 Å². The normalized spacial score (nSPS) is 17.0. The summed E-state index contributed by atoms with van der Waals surface area (Å²) in [5.74, 6) is -0.0625. The molecule has 0 bridgehead atoms. The van der Waals surface area contributed by atoms with Gasteiger partial charge in [-0.1, -0.05) is 24.3 Å². The Kier molecular flexibility index (Phi) is 13.7. The summed E-state index contributed by atoms with van der Waals surface area (Å²) in [6.07, 6.45) is 15.2. The van der Waals surface area contributed by atoms with E-state index in [0.717, 1.165) is 0 Å². The van der Waals surface area contributed by atoms with Crippen molar-refractivity contribution in [1.82, 2.24) is 0 Å². The van der Waals surface area contributed by atoms with Crippen molar-refractivity contribution >= 4 is 5.78 Å². The van der Waals surface area contributed by atoms with Crippen LogP contribution in [0.15, 0.2) is 36.1 Å². The number of hydrogen-bond donors (Lipinski definition) is 1. The second-order valence-electron chi connectivity index (χ2n) is 3.49. The molecule has 1 aliphatic carbocycles. The molecule has 0 aromatic heterocycles. The molecule has 0 saturated heterocycles. The van der Waals surface area contributed by atoms with Gasteiger partial charge >= 0.3 is 0 Å². The van der Waals surface area contributed by atoms with Gasteiger partial charge in [-0.25, -0.2) is 0 Å². The fourth-order valence-electron chi connectivity index (χ4n) is 1.15. The predicted molar refractivity (Wildman–Crippen MR) is 63.8 cm³/mol. The molecular weight excluding hydrogens is 380 g/mol. The van der Waals surface area contributed by atoms with E-state index in [1.165, 1.54) is 45.6 Å². The second-order valence-corrected chi connectivity index (χ2v) is 3.49. The predicted octanol–water partition coefficient (Wildman–Crippen LogP) is 3.71. The summed E-state index contributed by atoms with van der Waals surface area (Å²) in [7, 11) is 0. The van der Waals surface area contributed by atoms with E-state index < -0.39 is 0 Å². The number of allylic oxidation sites excluding steroid dienone is 6. The third kappa shape index (κ3) is 15.8. The van der Waals surface area contributed by atoms with Crippen LogP contribution < -0.4 is 0 Å². The van der Waals surface area contributed by atoms with Crippen LogP contribution in [0.3, 0.4) is 0 Å². The average Bonchev–Trinajstić information content (AvgIpc) is 1.99. The molecular formula is C13H20IrO2. The standard InChI is InChI=1S/C8H12.C5H8O2.Ir/c1-2-4-6-8-7-5-3-1;1-4(6)3-5(2)7;/h1-2,7-8H,3-6H2;3,6H,1-2H3;/b2-1-,8-7?;4-3-;. The number of ketones is 1. The van der Waals surface area contributed by atoms with Crippen molar-refractivity contribution < 1.29 is 30.0 Å². The minimum Gasteiger partial charge on any atom is -0.512 e. The number of hydrogen-bond acceptors (Lipinski definition) is 2. The summed E-state index contributed by atoms with van der Waals surface area (Å²) in [5, 5.41) is 8.36. The molecule has 0 fully saturated rings. The molecule has 0 amide bonds. The van der Waals surface area contributed by atoms with E-state index in [4.69, 9.17) is 5.11 Å². The first-order valence-electron chi connectivity index (χ1n) is 5.30. The van der Waals surface area contributed by atoms with Gasteiger partial charge in [0.25, 0.3) is 0 Å². The summed E-state index contributed by atoms with van der Waals surface area (Å²) in [6, 6.07) is 0. The topological polar surface area (TPSA) is 37.3 Å². The first kappa shape index (κ1) is 17.7. The monoisotopic (exact) mass is 401 g/mol. The fraction of sp³-hybridized carbons (Fsp3) is 0.462. The molecule has 1 N–H and O–H groups in total. The van der Waals surface area contributed by atoms with Gasteiger partial charge in [0.05, 0.1) is 5.76 Å². The summed E-state index contributed by atoms with van der Waals surface area (Å²) in [5.41, 5.74) is 0. The molecule has 0 aromatic rings. The first-order valence-corrected chi connectivity index (χ1v) is 5.30.